The molecule has 3 N–H and O–H groups in total. The number of hydrazine groups is 1. The quantitative estimate of drug-likeness (QED) is 0.571. The average molecular weight is 278 g/mol. The average Bonchev–Trinajstić information content (AvgIpc) is 2.51. The topological polar surface area (TPSA) is 63.8 Å². The molecule has 0 spiro atoms. The zero-order valence-corrected chi connectivity index (χ0v) is 12.2. The van der Waals surface area contributed by atoms with Gasteiger partial charge in [0, 0.05) is 18.0 Å². The van der Waals surface area contributed by atoms with Crippen LogP contribution in [0.15, 0.2) is 48.8 Å². The Morgan fingerprint density at radius 1 is 1.00 bits per heavy atom. The van der Waals surface area contributed by atoms with Crippen molar-refractivity contribution in [3.8, 4) is 0 Å². The molecular weight excluding hydrogens is 260 g/mol. The van der Waals surface area contributed by atoms with E-state index in [0.29, 0.717) is 0 Å². The number of hydrogen-bond acceptors (Lipinski definition) is 4. The molecule has 4 heteroatoms. The highest BCUT2D eigenvalue weighted by atomic mass is 15.2. The van der Waals surface area contributed by atoms with Crippen LogP contribution in [0.2, 0.25) is 0 Å². The first kappa shape index (κ1) is 13.7. The van der Waals surface area contributed by atoms with Gasteiger partial charge in [0.05, 0.1) is 17.1 Å². The van der Waals surface area contributed by atoms with Gasteiger partial charge in [-0.15, -0.1) is 0 Å². The summed E-state index contributed by atoms with van der Waals surface area (Å²) >= 11 is 0. The van der Waals surface area contributed by atoms with E-state index in [4.69, 9.17) is 5.84 Å². The van der Waals surface area contributed by atoms with Gasteiger partial charge in [0.2, 0.25) is 0 Å². The van der Waals surface area contributed by atoms with Crippen LogP contribution in [0.5, 0.6) is 0 Å². The number of rotatable bonds is 3. The Morgan fingerprint density at radius 2 is 1.81 bits per heavy atom. The molecule has 4 nitrogen and oxygen atoms in total. The maximum atomic E-state index is 5.85. The summed E-state index contributed by atoms with van der Waals surface area (Å²) in [6, 6.07) is 12.3. The van der Waals surface area contributed by atoms with Crippen molar-refractivity contribution in [1.29, 1.82) is 0 Å². The number of nitrogens with zero attached hydrogens (tertiary/aromatic N) is 2. The standard InChI is InChI=1S/C17H18N4/c1-11-6-7-12(2)14(10-11)16(21-18)13-4-3-5-15-17(13)20-9-8-19-15/h3-10,16,21H,18H2,1-2H3. The second-order valence-corrected chi connectivity index (χ2v) is 5.23. The van der Waals surface area contributed by atoms with Crippen molar-refractivity contribution in [2.45, 2.75) is 19.9 Å². The van der Waals surface area contributed by atoms with Crippen LogP contribution in [0.25, 0.3) is 11.0 Å². The summed E-state index contributed by atoms with van der Waals surface area (Å²) < 4.78 is 0. The normalized spacial score (nSPS) is 12.5. The van der Waals surface area contributed by atoms with E-state index in [0.717, 1.165) is 22.2 Å². The Labute approximate surface area is 124 Å². The van der Waals surface area contributed by atoms with E-state index >= 15 is 0 Å². The molecule has 0 bridgehead atoms. The molecule has 0 saturated heterocycles. The summed E-state index contributed by atoms with van der Waals surface area (Å²) in [4.78, 5) is 8.83. The van der Waals surface area contributed by atoms with Crippen LogP contribution in [-0.2, 0) is 0 Å². The van der Waals surface area contributed by atoms with Gasteiger partial charge in [-0.2, -0.15) is 0 Å². The van der Waals surface area contributed by atoms with Gasteiger partial charge in [-0.25, -0.2) is 5.43 Å². The molecule has 2 aromatic carbocycles. The Hall–Kier alpha value is -2.30. The number of fused-ring (bicyclic) bond motifs is 1. The van der Waals surface area contributed by atoms with E-state index < -0.39 is 0 Å². The van der Waals surface area contributed by atoms with Gasteiger partial charge in [-0.1, -0.05) is 35.9 Å². The molecule has 106 valence electrons. The van der Waals surface area contributed by atoms with Gasteiger partial charge < -0.3 is 0 Å². The van der Waals surface area contributed by atoms with Crippen molar-refractivity contribution in [1.82, 2.24) is 15.4 Å². The lowest BCUT2D eigenvalue weighted by molar-refractivity contribution is 0.636. The highest BCUT2D eigenvalue weighted by Gasteiger charge is 2.18. The summed E-state index contributed by atoms with van der Waals surface area (Å²) in [7, 11) is 0. The van der Waals surface area contributed by atoms with Crippen molar-refractivity contribution in [3.05, 3.63) is 71.0 Å². The van der Waals surface area contributed by atoms with Crippen LogP contribution >= 0.6 is 0 Å². The predicted octanol–water partition coefficient (Wildman–Crippen LogP) is 2.80. The Kier molecular flexibility index (Phi) is 3.64. The van der Waals surface area contributed by atoms with Crippen LogP contribution in [-0.4, -0.2) is 9.97 Å². The predicted molar refractivity (Wildman–Crippen MR) is 84.6 cm³/mol. The SMILES string of the molecule is Cc1ccc(C)c(C(NN)c2cccc3nccnc23)c1. The molecule has 1 heterocycles. The summed E-state index contributed by atoms with van der Waals surface area (Å²) in [5.74, 6) is 5.85. The Bertz CT molecular complexity index is 777. The molecule has 0 aliphatic heterocycles. The summed E-state index contributed by atoms with van der Waals surface area (Å²) in [6.07, 6.45) is 3.41. The van der Waals surface area contributed by atoms with Gasteiger partial charge >= 0.3 is 0 Å². The van der Waals surface area contributed by atoms with Crippen molar-refractivity contribution < 1.29 is 0 Å². The van der Waals surface area contributed by atoms with E-state index in [2.05, 4.69) is 47.4 Å². The second-order valence-electron chi connectivity index (χ2n) is 5.23. The fourth-order valence-electron chi connectivity index (χ4n) is 2.67. The molecule has 21 heavy (non-hydrogen) atoms. The van der Waals surface area contributed by atoms with Gasteiger partial charge in [-0.3, -0.25) is 15.8 Å². The van der Waals surface area contributed by atoms with Crippen LogP contribution in [0.3, 0.4) is 0 Å². The largest absolute Gasteiger partial charge is 0.271 e. The molecule has 0 saturated carbocycles. The smallest absolute Gasteiger partial charge is 0.0938 e. The van der Waals surface area contributed by atoms with Crippen LogP contribution in [0.4, 0.5) is 0 Å². The lowest BCUT2D eigenvalue weighted by Gasteiger charge is -2.20. The molecule has 3 aromatic rings. The molecule has 0 aliphatic carbocycles. The van der Waals surface area contributed by atoms with Gasteiger partial charge in [0.1, 0.15) is 0 Å². The van der Waals surface area contributed by atoms with Gasteiger partial charge in [0.25, 0.3) is 0 Å². The minimum Gasteiger partial charge on any atom is -0.271 e. The van der Waals surface area contributed by atoms with Crippen LogP contribution in [0, 0.1) is 13.8 Å². The van der Waals surface area contributed by atoms with Crippen molar-refractivity contribution in [2.75, 3.05) is 0 Å². The van der Waals surface area contributed by atoms with E-state index in [1.165, 1.54) is 11.1 Å². The third-order valence-electron chi connectivity index (χ3n) is 3.75. The highest BCUT2D eigenvalue weighted by Crippen LogP contribution is 2.28. The number of hydrogen-bond donors (Lipinski definition) is 2. The van der Waals surface area contributed by atoms with Crippen molar-refractivity contribution in [3.63, 3.8) is 0 Å². The lowest BCUT2D eigenvalue weighted by Crippen LogP contribution is -2.29. The lowest BCUT2D eigenvalue weighted by atomic mass is 9.93. The minimum absolute atomic E-state index is 0.106. The highest BCUT2D eigenvalue weighted by molar-refractivity contribution is 5.78. The minimum atomic E-state index is -0.106. The monoisotopic (exact) mass is 278 g/mol. The number of aryl methyl sites for hydroxylation is 2. The molecule has 1 aromatic heterocycles. The van der Waals surface area contributed by atoms with Gasteiger partial charge in [-0.05, 0) is 31.0 Å². The van der Waals surface area contributed by atoms with E-state index in [-0.39, 0.29) is 6.04 Å². The fourth-order valence-corrected chi connectivity index (χ4v) is 2.67. The van der Waals surface area contributed by atoms with Crippen molar-refractivity contribution in [2.24, 2.45) is 5.84 Å². The van der Waals surface area contributed by atoms with E-state index in [1.807, 2.05) is 18.2 Å². The van der Waals surface area contributed by atoms with Crippen LogP contribution < -0.4 is 11.3 Å². The zero-order chi connectivity index (χ0) is 14.8. The fraction of sp³-hybridized carbons (Fsp3) is 0.176. The van der Waals surface area contributed by atoms with Crippen molar-refractivity contribution >= 4 is 11.0 Å². The maximum absolute atomic E-state index is 5.85. The number of nitrogens with two attached hydrogens (primary N) is 1. The number of aromatic nitrogens is 2. The number of nitrogens with one attached hydrogen (secondary N) is 1. The first-order valence-electron chi connectivity index (χ1n) is 6.93. The molecule has 0 aliphatic rings. The zero-order valence-electron chi connectivity index (χ0n) is 12.2. The first-order chi connectivity index (χ1) is 10.2. The molecular formula is C17H18N4. The summed E-state index contributed by atoms with van der Waals surface area (Å²) in [6.45, 7) is 4.18. The Morgan fingerprint density at radius 3 is 2.62 bits per heavy atom. The molecule has 1 atom stereocenters. The second kappa shape index (κ2) is 5.60. The molecule has 0 fully saturated rings. The molecule has 0 amide bonds. The number of para-hydroxylation sites is 1. The maximum Gasteiger partial charge on any atom is 0.0938 e. The van der Waals surface area contributed by atoms with E-state index in [1.54, 1.807) is 12.4 Å². The third-order valence-corrected chi connectivity index (χ3v) is 3.75. The number of benzene rings is 2. The summed E-state index contributed by atoms with van der Waals surface area (Å²) in [5.41, 5.74) is 9.29. The van der Waals surface area contributed by atoms with Crippen LogP contribution in [0.1, 0.15) is 28.3 Å². The summed E-state index contributed by atoms with van der Waals surface area (Å²) in [5, 5.41) is 0. The molecule has 1 unspecified atom stereocenters. The molecule has 3 rings (SSSR count). The first-order valence-corrected chi connectivity index (χ1v) is 6.93. The van der Waals surface area contributed by atoms with Gasteiger partial charge in [0.15, 0.2) is 0 Å². The third kappa shape index (κ3) is 2.51. The Balaban J connectivity index is 2.21. The molecule has 0 radical (unpaired) electrons. The van der Waals surface area contributed by atoms with E-state index in [9.17, 15) is 0 Å².